The molecule has 1 aliphatic carbocycles. The lowest BCUT2D eigenvalue weighted by molar-refractivity contribution is 0.745. The van der Waals surface area contributed by atoms with Crippen LogP contribution in [0.15, 0.2) is 0 Å². The Bertz CT molecular complexity index is 411. The molecule has 17 heavy (non-hydrogen) atoms. The molecule has 94 valence electrons. The van der Waals surface area contributed by atoms with Crippen LogP contribution in [0.1, 0.15) is 30.4 Å². The second-order valence-electron chi connectivity index (χ2n) is 4.60. The van der Waals surface area contributed by atoms with Gasteiger partial charge in [-0.1, -0.05) is 11.6 Å². The third-order valence-electron chi connectivity index (χ3n) is 3.52. The van der Waals surface area contributed by atoms with Crippen molar-refractivity contribution >= 4 is 29.2 Å². The van der Waals surface area contributed by atoms with Crippen LogP contribution in [0.2, 0.25) is 5.15 Å². The van der Waals surface area contributed by atoms with E-state index in [-0.39, 0.29) is 0 Å². The number of anilines is 1. The molecule has 0 aromatic carbocycles. The average Bonchev–Trinajstić information content (AvgIpc) is 2.78. The monoisotopic (exact) mass is 271 g/mol. The van der Waals surface area contributed by atoms with Crippen LogP contribution in [-0.2, 0) is 0 Å². The molecule has 0 bridgehead atoms. The Kier molecular flexibility index (Phi) is 4.15. The Morgan fingerprint density at radius 1 is 1.24 bits per heavy atom. The summed E-state index contributed by atoms with van der Waals surface area (Å²) in [5, 5.41) is 12.9. The second-order valence-corrected chi connectivity index (χ2v) is 6.10. The highest BCUT2D eigenvalue weighted by Crippen LogP contribution is 2.31. The maximum absolute atomic E-state index is 5.94. The first kappa shape index (κ1) is 13.0. The van der Waals surface area contributed by atoms with E-state index in [4.69, 9.17) is 11.6 Å². The molecule has 0 saturated heterocycles. The summed E-state index contributed by atoms with van der Waals surface area (Å²) in [5.41, 5.74) is 2.13. The quantitative estimate of drug-likeness (QED) is 0.914. The normalized spacial score (nSPS) is 24.0. The number of halogens is 1. The van der Waals surface area contributed by atoms with Crippen LogP contribution >= 0.6 is 23.4 Å². The molecule has 0 aliphatic heterocycles. The minimum absolute atomic E-state index is 0.501. The molecule has 1 saturated carbocycles. The highest BCUT2D eigenvalue weighted by atomic mass is 35.5. The molecule has 2 unspecified atom stereocenters. The zero-order valence-corrected chi connectivity index (χ0v) is 12.0. The number of hydrogen-bond donors (Lipinski definition) is 1. The van der Waals surface area contributed by atoms with Gasteiger partial charge < -0.3 is 5.32 Å². The van der Waals surface area contributed by atoms with Crippen LogP contribution in [0.3, 0.4) is 0 Å². The number of nitrogens with zero attached hydrogens (tertiary/aromatic N) is 2. The average molecular weight is 272 g/mol. The Hall–Kier alpha value is -0.480. The standard InChI is InChI=1S/C12H18ClN3S/c1-7-8(2)12(16-15-11(7)13)14-9-4-5-10(6-9)17-3/h9-10H,4-6H2,1-3H3,(H,14,16). The Morgan fingerprint density at radius 3 is 2.65 bits per heavy atom. The summed E-state index contributed by atoms with van der Waals surface area (Å²) < 4.78 is 0. The minimum Gasteiger partial charge on any atom is -0.366 e. The lowest BCUT2D eigenvalue weighted by atomic mass is 10.2. The number of nitrogens with one attached hydrogen (secondary N) is 1. The van der Waals surface area contributed by atoms with E-state index in [0.29, 0.717) is 11.2 Å². The molecular formula is C12H18ClN3S. The van der Waals surface area contributed by atoms with E-state index in [0.717, 1.165) is 22.2 Å². The van der Waals surface area contributed by atoms with E-state index in [1.54, 1.807) is 0 Å². The summed E-state index contributed by atoms with van der Waals surface area (Å²) in [6.07, 6.45) is 5.90. The smallest absolute Gasteiger partial charge is 0.155 e. The molecule has 0 amide bonds. The number of aromatic nitrogens is 2. The highest BCUT2D eigenvalue weighted by Gasteiger charge is 2.24. The zero-order valence-electron chi connectivity index (χ0n) is 10.5. The van der Waals surface area contributed by atoms with Crippen molar-refractivity contribution in [1.82, 2.24) is 10.2 Å². The fourth-order valence-electron chi connectivity index (χ4n) is 2.19. The molecule has 5 heteroatoms. The SMILES string of the molecule is CSC1CCC(Nc2nnc(Cl)c(C)c2C)C1. The van der Waals surface area contributed by atoms with Crippen LogP contribution in [0.5, 0.6) is 0 Å². The van der Waals surface area contributed by atoms with E-state index >= 15 is 0 Å². The van der Waals surface area contributed by atoms with E-state index in [1.165, 1.54) is 19.3 Å². The predicted octanol–water partition coefficient (Wildman–Crippen LogP) is 3.44. The van der Waals surface area contributed by atoms with Crippen molar-refractivity contribution in [2.75, 3.05) is 11.6 Å². The molecule has 1 aromatic heterocycles. The molecular weight excluding hydrogens is 254 g/mol. The first-order chi connectivity index (χ1) is 8.11. The van der Waals surface area contributed by atoms with Gasteiger partial charge in [0.2, 0.25) is 0 Å². The van der Waals surface area contributed by atoms with Gasteiger partial charge in [0.15, 0.2) is 11.0 Å². The van der Waals surface area contributed by atoms with E-state index in [2.05, 4.69) is 21.8 Å². The van der Waals surface area contributed by atoms with Gasteiger partial charge in [-0.15, -0.1) is 10.2 Å². The van der Waals surface area contributed by atoms with Crippen LogP contribution in [-0.4, -0.2) is 27.7 Å². The molecule has 1 aliphatic rings. The van der Waals surface area contributed by atoms with Gasteiger partial charge in [0.05, 0.1) is 0 Å². The van der Waals surface area contributed by atoms with Crippen molar-refractivity contribution in [3.63, 3.8) is 0 Å². The molecule has 1 heterocycles. The molecule has 3 nitrogen and oxygen atoms in total. The van der Waals surface area contributed by atoms with Gasteiger partial charge in [-0.2, -0.15) is 11.8 Å². The van der Waals surface area contributed by atoms with E-state index in [9.17, 15) is 0 Å². The number of rotatable bonds is 3. The Balaban J connectivity index is 2.07. The Morgan fingerprint density at radius 2 is 2.00 bits per heavy atom. The summed E-state index contributed by atoms with van der Waals surface area (Å²) in [5.74, 6) is 0.888. The highest BCUT2D eigenvalue weighted by molar-refractivity contribution is 7.99. The van der Waals surface area contributed by atoms with Crippen LogP contribution in [0, 0.1) is 13.8 Å². The third-order valence-corrected chi connectivity index (χ3v) is 4.98. The lowest BCUT2D eigenvalue weighted by Crippen LogP contribution is -2.18. The molecule has 0 spiro atoms. The van der Waals surface area contributed by atoms with Crippen molar-refractivity contribution in [3.05, 3.63) is 16.3 Å². The van der Waals surface area contributed by atoms with Crippen LogP contribution in [0.4, 0.5) is 5.82 Å². The van der Waals surface area contributed by atoms with Crippen molar-refractivity contribution < 1.29 is 0 Å². The van der Waals surface area contributed by atoms with Gasteiger partial charge >= 0.3 is 0 Å². The fraction of sp³-hybridized carbons (Fsp3) is 0.667. The molecule has 1 aromatic rings. The summed E-state index contributed by atoms with van der Waals surface area (Å²) in [6, 6.07) is 0.529. The number of thioether (sulfide) groups is 1. The zero-order chi connectivity index (χ0) is 12.4. The van der Waals surface area contributed by atoms with Crippen molar-refractivity contribution in [2.24, 2.45) is 0 Å². The van der Waals surface area contributed by atoms with Gasteiger partial charge in [-0.05, 0) is 50.5 Å². The van der Waals surface area contributed by atoms with Gasteiger partial charge in [0.25, 0.3) is 0 Å². The maximum Gasteiger partial charge on any atom is 0.155 e. The van der Waals surface area contributed by atoms with Crippen molar-refractivity contribution in [1.29, 1.82) is 0 Å². The van der Waals surface area contributed by atoms with Crippen molar-refractivity contribution in [3.8, 4) is 0 Å². The Labute approximate surface area is 112 Å². The molecule has 0 radical (unpaired) electrons. The maximum atomic E-state index is 5.94. The molecule has 2 atom stereocenters. The summed E-state index contributed by atoms with van der Waals surface area (Å²) in [7, 11) is 0. The predicted molar refractivity (Wildman–Crippen MR) is 75.1 cm³/mol. The minimum atomic E-state index is 0.501. The molecule has 2 rings (SSSR count). The van der Waals surface area contributed by atoms with Crippen LogP contribution < -0.4 is 5.32 Å². The largest absolute Gasteiger partial charge is 0.366 e. The third kappa shape index (κ3) is 2.86. The first-order valence-corrected chi connectivity index (χ1v) is 7.57. The summed E-state index contributed by atoms with van der Waals surface area (Å²) in [6.45, 7) is 4.02. The van der Waals surface area contributed by atoms with Gasteiger partial charge in [-0.25, -0.2) is 0 Å². The van der Waals surface area contributed by atoms with E-state index < -0.39 is 0 Å². The van der Waals surface area contributed by atoms with Gasteiger partial charge in [0.1, 0.15) is 0 Å². The number of hydrogen-bond acceptors (Lipinski definition) is 4. The van der Waals surface area contributed by atoms with Gasteiger partial charge in [0, 0.05) is 11.3 Å². The van der Waals surface area contributed by atoms with E-state index in [1.807, 2.05) is 25.6 Å². The summed E-state index contributed by atoms with van der Waals surface area (Å²) >= 11 is 7.90. The van der Waals surface area contributed by atoms with Gasteiger partial charge in [-0.3, -0.25) is 0 Å². The molecule has 1 fully saturated rings. The topological polar surface area (TPSA) is 37.8 Å². The van der Waals surface area contributed by atoms with Crippen molar-refractivity contribution in [2.45, 2.75) is 44.4 Å². The second kappa shape index (κ2) is 5.44. The summed E-state index contributed by atoms with van der Waals surface area (Å²) in [4.78, 5) is 0. The molecule has 1 N–H and O–H groups in total. The fourth-order valence-corrected chi connectivity index (χ4v) is 3.17. The van der Waals surface area contributed by atoms with Crippen LogP contribution in [0.25, 0.3) is 0 Å². The lowest BCUT2D eigenvalue weighted by Gasteiger charge is -2.16. The first-order valence-electron chi connectivity index (χ1n) is 5.90.